The molecule has 11 heavy (non-hydrogen) atoms. The molecule has 0 spiro atoms. The molecule has 2 heteroatoms. The summed E-state index contributed by atoms with van der Waals surface area (Å²) >= 11 is 3.39. The van der Waals surface area contributed by atoms with Crippen LogP contribution in [0.1, 0.15) is 22.8 Å². The Labute approximate surface area is 74.6 Å². The first kappa shape index (κ1) is 8.47. The molecule has 0 unspecified atom stereocenters. The summed E-state index contributed by atoms with van der Waals surface area (Å²) in [6, 6.07) is 5.65. The number of carbonyl (C=O) groups is 1. The first-order valence-electron chi connectivity index (χ1n) is 3.52. The van der Waals surface area contributed by atoms with E-state index in [0.717, 1.165) is 28.3 Å². The third kappa shape index (κ3) is 1.69. The summed E-state index contributed by atoms with van der Waals surface area (Å²) < 4.78 is 1.02. The van der Waals surface area contributed by atoms with Gasteiger partial charge in [0, 0.05) is 10.0 Å². The maximum atomic E-state index is 10.5. The van der Waals surface area contributed by atoms with Gasteiger partial charge < -0.3 is 0 Å². The summed E-state index contributed by atoms with van der Waals surface area (Å²) in [6.45, 7) is 2.03. The lowest BCUT2D eigenvalue weighted by molar-refractivity contribution is 0.112. The second kappa shape index (κ2) is 3.67. The lowest BCUT2D eigenvalue weighted by Gasteiger charge is -2.02. The number of aldehydes is 1. The molecule has 1 aromatic carbocycles. The van der Waals surface area contributed by atoms with Crippen LogP contribution in [0.3, 0.4) is 0 Å². The Balaban J connectivity index is 3.23. The van der Waals surface area contributed by atoms with Gasteiger partial charge in [-0.2, -0.15) is 0 Å². The van der Waals surface area contributed by atoms with E-state index in [4.69, 9.17) is 0 Å². The number of hydrogen-bond donors (Lipinski definition) is 0. The molecule has 0 aliphatic heterocycles. The van der Waals surface area contributed by atoms with E-state index in [1.165, 1.54) is 0 Å². The van der Waals surface area contributed by atoms with Crippen LogP contribution < -0.4 is 0 Å². The Morgan fingerprint density at radius 2 is 2.27 bits per heavy atom. The molecule has 0 aliphatic carbocycles. The van der Waals surface area contributed by atoms with Crippen molar-refractivity contribution in [2.75, 3.05) is 0 Å². The van der Waals surface area contributed by atoms with Crippen LogP contribution in [0.15, 0.2) is 22.7 Å². The van der Waals surface area contributed by atoms with Crippen molar-refractivity contribution in [1.82, 2.24) is 0 Å². The Morgan fingerprint density at radius 3 is 2.73 bits per heavy atom. The molecular weight excluding hydrogens is 204 g/mol. The number of benzene rings is 1. The van der Waals surface area contributed by atoms with E-state index in [0.29, 0.717) is 0 Å². The van der Waals surface area contributed by atoms with Crippen LogP contribution in [0, 0.1) is 0 Å². The van der Waals surface area contributed by atoms with Gasteiger partial charge in [-0.1, -0.05) is 35.0 Å². The Kier molecular flexibility index (Phi) is 2.83. The van der Waals surface area contributed by atoms with Crippen molar-refractivity contribution in [2.24, 2.45) is 0 Å². The van der Waals surface area contributed by atoms with Crippen molar-refractivity contribution in [3.8, 4) is 0 Å². The van der Waals surface area contributed by atoms with Crippen LogP contribution in [0.2, 0.25) is 0 Å². The van der Waals surface area contributed by atoms with Crippen molar-refractivity contribution in [3.63, 3.8) is 0 Å². The van der Waals surface area contributed by atoms with Crippen molar-refractivity contribution >= 4 is 22.2 Å². The molecule has 0 atom stereocenters. The van der Waals surface area contributed by atoms with Gasteiger partial charge in [0.15, 0.2) is 0 Å². The third-order valence-corrected chi connectivity index (χ3v) is 2.38. The first-order valence-corrected chi connectivity index (χ1v) is 4.31. The molecule has 58 valence electrons. The fraction of sp³-hybridized carbons (Fsp3) is 0.222. The van der Waals surface area contributed by atoms with Gasteiger partial charge in [-0.05, 0) is 18.1 Å². The molecule has 1 rings (SSSR count). The summed E-state index contributed by atoms with van der Waals surface area (Å²) in [5, 5.41) is 0. The number of rotatable bonds is 2. The average Bonchev–Trinajstić information content (AvgIpc) is 2.04. The summed E-state index contributed by atoms with van der Waals surface area (Å²) in [5.41, 5.74) is 1.87. The minimum atomic E-state index is 0.780. The van der Waals surface area contributed by atoms with Crippen molar-refractivity contribution < 1.29 is 4.79 Å². The van der Waals surface area contributed by atoms with Gasteiger partial charge in [0.2, 0.25) is 0 Å². The normalized spacial score (nSPS) is 9.64. The molecule has 0 aliphatic rings. The molecule has 0 bridgehead atoms. The Hall–Kier alpha value is -0.630. The predicted octanol–water partition coefficient (Wildman–Crippen LogP) is 2.82. The van der Waals surface area contributed by atoms with Crippen LogP contribution in [0.4, 0.5) is 0 Å². The standard InChI is InChI=1S/C9H9BrO/c1-2-8-7(6-11)4-3-5-9(8)10/h3-6H,2H2,1H3. The van der Waals surface area contributed by atoms with E-state index in [-0.39, 0.29) is 0 Å². The van der Waals surface area contributed by atoms with Crippen LogP contribution in [0.25, 0.3) is 0 Å². The predicted molar refractivity (Wildman–Crippen MR) is 48.9 cm³/mol. The lowest BCUT2D eigenvalue weighted by atomic mass is 10.1. The van der Waals surface area contributed by atoms with E-state index in [2.05, 4.69) is 15.9 Å². The molecule has 1 nitrogen and oxygen atoms in total. The van der Waals surface area contributed by atoms with Gasteiger partial charge in [0.1, 0.15) is 6.29 Å². The second-order valence-electron chi connectivity index (χ2n) is 2.28. The van der Waals surface area contributed by atoms with Gasteiger partial charge >= 0.3 is 0 Å². The molecule has 0 fully saturated rings. The SMILES string of the molecule is CCc1c(Br)cccc1C=O. The monoisotopic (exact) mass is 212 g/mol. The average molecular weight is 213 g/mol. The summed E-state index contributed by atoms with van der Waals surface area (Å²) in [7, 11) is 0. The highest BCUT2D eigenvalue weighted by Crippen LogP contribution is 2.19. The minimum absolute atomic E-state index is 0.780. The van der Waals surface area contributed by atoms with Gasteiger partial charge in [0.25, 0.3) is 0 Å². The molecule has 0 amide bonds. The van der Waals surface area contributed by atoms with Crippen LogP contribution >= 0.6 is 15.9 Å². The highest BCUT2D eigenvalue weighted by atomic mass is 79.9. The fourth-order valence-corrected chi connectivity index (χ4v) is 1.72. The lowest BCUT2D eigenvalue weighted by Crippen LogP contribution is -1.90. The maximum Gasteiger partial charge on any atom is 0.150 e. The van der Waals surface area contributed by atoms with Crippen LogP contribution in [-0.4, -0.2) is 6.29 Å². The van der Waals surface area contributed by atoms with Crippen molar-refractivity contribution in [2.45, 2.75) is 13.3 Å². The van der Waals surface area contributed by atoms with E-state index in [1.807, 2.05) is 25.1 Å². The highest BCUT2D eigenvalue weighted by molar-refractivity contribution is 9.10. The number of hydrogen-bond acceptors (Lipinski definition) is 1. The van der Waals surface area contributed by atoms with E-state index < -0.39 is 0 Å². The van der Waals surface area contributed by atoms with E-state index in [1.54, 1.807) is 0 Å². The maximum absolute atomic E-state index is 10.5. The quantitative estimate of drug-likeness (QED) is 0.690. The minimum Gasteiger partial charge on any atom is -0.298 e. The van der Waals surface area contributed by atoms with Crippen LogP contribution in [-0.2, 0) is 6.42 Å². The zero-order valence-electron chi connectivity index (χ0n) is 6.30. The van der Waals surface area contributed by atoms with E-state index in [9.17, 15) is 4.79 Å². The van der Waals surface area contributed by atoms with Gasteiger partial charge in [-0.25, -0.2) is 0 Å². The molecular formula is C9H9BrO. The largest absolute Gasteiger partial charge is 0.298 e. The molecule has 0 saturated heterocycles. The molecule has 0 N–H and O–H groups in total. The van der Waals surface area contributed by atoms with E-state index >= 15 is 0 Å². The zero-order valence-corrected chi connectivity index (χ0v) is 7.89. The highest BCUT2D eigenvalue weighted by Gasteiger charge is 2.01. The molecule has 0 aromatic heterocycles. The Morgan fingerprint density at radius 1 is 1.55 bits per heavy atom. The van der Waals surface area contributed by atoms with Gasteiger partial charge in [-0.3, -0.25) is 4.79 Å². The summed E-state index contributed by atoms with van der Waals surface area (Å²) in [4.78, 5) is 10.5. The summed E-state index contributed by atoms with van der Waals surface area (Å²) in [5.74, 6) is 0. The molecule has 0 radical (unpaired) electrons. The number of carbonyl (C=O) groups excluding carboxylic acids is 1. The summed E-state index contributed by atoms with van der Waals surface area (Å²) in [6.07, 6.45) is 1.78. The topological polar surface area (TPSA) is 17.1 Å². The van der Waals surface area contributed by atoms with Gasteiger partial charge in [0.05, 0.1) is 0 Å². The molecule has 0 heterocycles. The second-order valence-corrected chi connectivity index (χ2v) is 3.13. The Bertz CT molecular complexity index is 268. The zero-order chi connectivity index (χ0) is 8.27. The third-order valence-electron chi connectivity index (χ3n) is 1.64. The molecule has 1 aromatic rings. The first-order chi connectivity index (χ1) is 5.29. The fourth-order valence-electron chi connectivity index (χ4n) is 1.06. The van der Waals surface area contributed by atoms with Gasteiger partial charge in [-0.15, -0.1) is 0 Å². The smallest absolute Gasteiger partial charge is 0.150 e. The van der Waals surface area contributed by atoms with Crippen molar-refractivity contribution in [3.05, 3.63) is 33.8 Å². The van der Waals surface area contributed by atoms with Crippen LogP contribution in [0.5, 0.6) is 0 Å². The van der Waals surface area contributed by atoms with Crippen molar-refractivity contribution in [1.29, 1.82) is 0 Å². The number of halogens is 1. The molecule has 0 saturated carbocycles.